The summed E-state index contributed by atoms with van der Waals surface area (Å²) >= 11 is 0. The highest BCUT2D eigenvalue weighted by molar-refractivity contribution is 5.66. The largest absolute Gasteiger partial charge is 0.377 e. The summed E-state index contributed by atoms with van der Waals surface area (Å²) in [7, 11) is 2.01. The molecule has 0 amide bonds. The van der Waals surface area contributed by atoms with Crippen LogP contribution in [0.2, 0.25) is 0 Å². The van der Waals surface area contributed by atoms with Crippen LogP contribution in [0.15, 0.2) is 59.3 Å². The molecule has 0 N–H and O–H groups in total. The number of hydrogen-bond acceptors (Lipinski definition) is 5. The minimum atomic E-state index is 0.244. The fraction of sp³-hybridized carbons (Fsp3) is 0.300. The molecule has 0 bridgehead atoms. The molecule has 1 aromatic carbocycles. The van der Waals surface area contributed by atoms with E-state index in [1.165, 1.54) is 0 Å². The Hall–Kier alpha value is -2.66. The Kier molecular flexibility index (Phi) is 5.46. The lowest BCUT2D eigenvalue weighted by molar-refractivity contribution is 0.0845. The van der Waals surface area contributed by atoms with Crippen LogP contribution >= 0.6 is 0 Å². The van der Waals surface area contributed by atoms with Crippen molar-refractivity contribution in [3.8, 4) is 22.6 Å². The van der Waals surface area contributed by atoms with Gasteiger partial charge in [0.05, 0.1) is 12.7 Å². The van der Waals surface area contributed by atoms with Crippen LogP contribution < -0.4 is 4.90 Å². The van der Waals surface area contributed by atoms with E-state index in [1.807, 2.05) is 75.6 Å². The second kappa shape index (κ2) is 7.94. The molecule has 0 spiro atoms. The summed E-state index contributed by atoms with van der Waals surface area (Å²) in [6, 6.07) is 15.9. The van der Waals surface area contributed by atoms with E-state index in [0.29, 0.717) is 12.4 Å². The molecule has 0 aliphatic heterocycles. The summed E-state index contributed by atoms with van der Waals surface area (Å²) < 4.78 is 11.1. The lowest BCUT2D eigenvalue weighted by Crippen LogP contribution is -2.24. The molecule has 25 heavy (non-hydrogen) atoms. The zero-order valence-electron chi connectivity index (χ0n) is 14.8. The van der Waals surface area contributed by atoms with Gasteiger partial charge in [-0.1, -0.05) is 35.5 Å². The van der Waals surface area contributed by atoms with Crippen molar-refractivity contribution < 1.29 is 9.26 Å². The monoisotopic (exact) mass is 337 g/mol. The third-order valence-electron chi connectivity index (χ3n) is 3.88. The number of benzene rings is 1. The predicted octanol–water partition coefficient (Wildman–Crippen LogP) is 4.26. The average molecular weight is 337 g/mol. The second-order valence-corrected chi connectivity index (χ2v) is 6.19. The molecule has 5 heteroatoms. The Labute approximate surface area is 148 Å². The van der Waals surface area contributed by atoms with Crippen molar-refractivity contribution >= 4 is 5.82 Å². The van der Waals surface area contributed by atoms with Crippen molar-refractivity contribution in [1.29, 1.82) is 0 Å². The Bertz CT molecular complexity index is 782. The second-order valence-electron chi connectivity index (χ2n) is 6.19. The zero-order chi connectivity index (χ0) is 17.6. The first-order chi connectivity index (χ1) is 12.1. The van der Waals surface area contributed by atoms with Gasteiger partial charge in [0.25, 0.3) is 0 Å². The van der Waals surface area contributed by atoms with Gasteiger partial charge in [-0.2, -0.15) is 0 Å². The van der Waals surface area contributed by atoms with Crippen LogP contribution in [0, 0.1) is 0 Å². The Morgan fingerprint density at radius 1 is 1.08 bits per heavy atom. The zero-order valence-corrected chi connectivity index (χ0v) is 14.8. The number of anilines is 1. The molecule has 0 radical (unpaired) electrons. The van der Waals surface area contributed by atoms with Gasteiger partial charge in [-0.25, -0.2) is 4.98 Å². The van der Waals surface area contributed by atoms with E-state index in [-0.39, 0.29) is 6.10 Å². The summed E-state index contributed by atoms with van der Waals surface area (Å²) in [6.45, 7) is 5.55. The molecule has 0 unspecified atom stereocenters. The molecule has 0 fully saturated rings. The molecule has 130 valence electrons. The lowest BCUT2D eigenvalue weighted by atomic mass is 10.1. The van der Waals surface area contributed by atoms with Gasteiger partial charge in [0.15, 0.2) is 5.76 Å². The van der Waals surface area contributed by atoms with Crippen LogP contribution in [0.25, 0.3) is 22.6 Å². The predicted molar refractivity (Wildman–Crippen MR) is 99.5 cm³/mol. The molecule has 0 aliphatic carbocycles. The maximum absolute atomic E-state index is 5.58. The van der Waals surface area contributed by atoms with Gasteiger partial charge in [0, 0.05) is 37.0 Å². The van der Waals surface area contributed by atoms with Crippen molar-refractivity contribution in [3.05, 3.63) is 54.7 Å². The number of rotatable bonds is 7. The highest BCUT2D eigenvalue weighted by Crippen LogP contribution is 2.26. The Morgan fingerprint density at radius 3 is 2.56 bits per heavy atom. The molecule has 2 aromatic heterocycles. The van der Waals surface area contributed by atoms with Crippen LogP contribution in [-0.2, 0) is 4.74 Å². The van der Waals surface area contributed by atoms with E-state index in [2.05, 4.69) is 15.0 Å². The minimum absolute atomic E-state index is 0.244. The first-order valence-corrected chi connectivity index (χ1v) is 8.45. The number of ether oxygens (including phenoxy) is 1. The van der Waals surface area contributed by atoms with E-state index in [9.17, 15) is 0 Å². The van der Waals surface area contributed by atoms with Crippen molar-refractivity contribution in [3.63, 3.8) is 0 Å². The van der Waals surface area contributed by atoms with Gasteiger partial charge in [-0.05, 0) is 26.0 Å². The van der Waals surface area contributed by atoms with E-state index < -0.39 is 0 Å². The molecule has 0 saturated carbocycles. The first-order valence-electron chi connectivity index (χ1n) is 8.45. The van der Waals surface area contributed by atoms with E-state index in [0.717, 1.165) is 29.2 Å². The number of nitrogens with zero attached hydrogens (tertiary/aromatic N) is 3. The molecular weight excluding hydrogens is 314 g/mol. The lowest BCUT2D eigenvalue weighted by Gasteiger charge is -2.19. The molecule has 3 rings (SSSR count). The van der Waals surface area contributed by atoms with Gasteiger partial charge in [0.1, 0.15) is 11.5 Å². The maximum atomic E-state index is 5.58. The normalized spacial score (nSPS) is 11.0. The van der Waals surface area contributed by atoms with Crippen LogP contribution in [0.3, 0.4) is 0 Å². The van der Waals surface area contributed by atoms with Crippen molar-refractivity contribution in [2.45, 2.75) is 20.0 Å². The maximum Gasteiger partial charge on any atom is 0.169 e. The number of likely N-dealkylation sites (N-methyl/N-ethyl adjacent to an activating group) is 1. The van der Waals surface area contributed by atoms with Crippen LogP contribution in [0.1, 0.15) is 13.8 Å². The van der Waals surface area contributed by atoms with Crippen LogP contribution in [-0.4, -0.2) is 36.4 Å². The summed E-state index contributed by atoms with van der Waals surface area (Å²) in [5.74, 6) is 1.61. The van der Waals surface area contributed by atoms with E-state index >= 15 is 0 Å². The Balaban J connectivity index is 1.67. The van der Waals surface area contributed by atoms with Gasteiger partial charge < -0.3 is 14.2 Å². The minimum Gasteiger partial charge on any atom is -0.377 e. The topological polar surface area (TPSA) is 51.4 Å². The van der Waals surface area contributed by atoms with E-state index in [4.69, 9.17) is 9.26 Å². The third kappa shape index (κ3) is 4.45. The quantitative estimate of drug-likeness (QED) is 0.644. The van der Waals surface area contributed by atoms with Crippen molar-refractivity contribution in [2.24, 2.45) is 0 Å². The van der Waals surface area contributed by atoms with Crippen LogP contribution in [0.5, 0.6) is 0 Å². The first kappa shape index (κ1) is 17.2. The van der Waals surface area contributed by atoms with Gasteiger partial charge in [-0.3, -0.25) is 0 Å². The van der Waals surface area contributed by atoms with Gasteiger partial charge >= 0.3 is 0 Å². The van der Waals surface area contributed by atoms with Crippen LogP contribution in [0.4, 0.5) is 5.82 Å². The fourth-order valence-corrected chi connectivity index (χ4v) is 2.45. The summed E-state index contributed by atoms with van der Waals surface area (Å²) in [6.07, 6.45) is 2.05. The van der Waals surface area contributed by atoms with Gasteiger partial charge in [-0.15, -0.1) is 0 Å². The highest BCUT2D eigenvalue weighted by atomic mass is 16.5. The van der Waals surface area contributed by atoms with Gasteiger partial charge in [0.2, 0.25) is 0 Å². The highest BCUT2D eigenvalue weighted by Gasteiger charge is 2.10. The molecule has 5 nitrogen and oxygen atoms in total. The van der Waals surface area contributed by atoms with Crippen molar-refractivity contribution in [1.82, 2.24) is 10.1 Å². The molecule has 0 saturated heterocycles. The molecule has 0 aliphatic rings. The fourth-order valence-electron chi connectivity index (χ4n) is 2.45. The molecule has 0 atom stereocenters. The summed E-state index contributed by atoms with van der Waals surface area (Å²) in [5, 5.41) is 4.15. The summed E-state index contributed by atoms with van der Waals surface area (Å²) in [5.41, 5.74) is 2.76. The Morgan fingerprint density at radius 2 is 1.88 bits per heavy atom. The number of aromatic nitrogens is 2. The summed E-state index contributed by atoms with van der Waals surface area (Å²) in [4.78, 5) is 6.59. The third-order valence-corrected chi connectivity index (χ3v) is 3.88. The number of pyridine rings is 1. The molecule has 3 aromatic rings. The van der Waals surface area contributed by atoms with E-state index in [1.54, 1.807) is 0 Å². The molecular formula is C20H23N3O2. The average Bonchev–Trinajstić information content (AvgIpc) is 3.12. The molecule has 2 heterocycles. The number of hydrogen-bond donors (Lipinski definition) is 0. The SMILES string of the molecule is CC(C)OCCN(C)c1ccc(-c2cc(-c3ccccc3)no2)cn1. The van der Waals surface area contributed by atoms with Crippen molar-refractivity contribution in [2.75, 3.05) is 25.1 Å². The standard InChI is InChI=1S/C20H23N3O2/c1-15(2)24-12-11-23(3)20-10-9-17(14-21-20)19-13-18(22-25-19)16-7-5-4-6-8-16/h4-10,13-15H,11-12H2,1-3H3. The smallest absolute Gasteiger partial charge is 0.169 e.